The SMILES string of the molecule is CC1(CCO)CCc2ccccc2C1. The number of aryl methyl sites for hydroxylation is 1. The van der Waals surface area contributed by atoms with Gasteiger partial charge in [-0.15, -0.1) is 0 Å². The van der Waals surface area contributed by atoms with E-state index in [2.05, 4.69) is 31.2 Å². The van der Waals surface area contributed by atoms with Crippen LogP contribution in [0.4, 0.5) is 0 Å². The number of benzene rings is 1. The average Bonchev–Trinajstić information content (AvgIpc) is 2.17. The molecule has 1 nitrogen and oxygen atoms in total. The van der Waals surface area contributed by atoms with Crippen LogP contribution in [-0.2, 0) is 12.8 Å². The number of hydrogen-bond acceptors (Lipinski definition) is 1. The molecule has 0 bridgehead atoms. The van der Waals surface area contributed by atoms with Gasteiger partial charge in [-0.3, -0.25) is 0 Å². The highest BCUT2D eigenvalue weighted by Gasteiger charge is 2.28. The molecular formula is C13H18O. The van der Waals surface area contributed by atoms with Gasteiger partial charge in [0.1, 0.15) is 0 Å². The van der Waals surface area contributed by atoms with E-state index in [-0.39, 0.29) is 0 Å². The largest absolute Gasteiger partial charge is 0.396 e. The minimum absolute atomic E-state index is 0.318. The second-order valence-corrected chi connectivity index (χ2v) is 4.73. The molecule has 1 aromatic carbocycles. The van der Waals surface area contributed by atoms with Crippen LogP contribution in [0.1, 0.15) is 30.9 Å². The van der Waals surface area contributed by atoms with E-state index in [4.69, 9.17) is 5.11 Å². The van der Waals surface area contributed by atoms with Crippen molar-refractivity contribution >= 4 is 0 Å². The van der Waals surface area contributed by atoms with Crippen LogP contribution in [0.25, 0.3) is 0 Å². The number of hydrogen-bond donors (Lipinski definition) is 1. The molecule has 1 aliphatic rings. The van der Waals surface area contributed by atoms with Gasteiger partial charge in [0.05, 0.1) is 0 Å². The average molecular weight is 190 g/mol. The Morgan fingerprint density at radius 2 is 2.00 bits per heavy atom. The predicted molar refractivity (Wildman–Crippen MR) is 58.3 cm³/mol. The highest BCUT2D eigenvalue weighted by molar-refractivity contribution is 5.30. The van der Waals surface area contributed by atoms with Crippen molar-refractivity contribution in [2.45, 2.75) is 32.6 Å². The fourth-order valence-electron chi connectivity index (χ4n) is 2.44. The van der Waals surface area contributed by atoms with Crippen molar-refractivity contribution in [1.82, 2.24) is 0 Å². The van der Waals surface area contributed by atoms with E-state index in [1.165, 1.54) is 24.0 Å². The fourth-order valence-corrected chi connectivity index (χ4v) is 2.44. The summed E-state index contributed by atoms with van der Waals surface area (Å²) in [4.78, 5) is 0. The molecule has 0 amide bonds. The van der Waals surface area contributed by atoms with Gasteiger partial charge in [0.25, 0.3) is 0 Å². The maximum absolute atomic E-state index is 9.03. The molecule has 76 valence electrons. The van der Waals surface area contributed by atoms with Crippen LogP contribution in [0.5, 0.6) is 0 Å². The van der Waals surface area contributed by atoms with E-state index in [9.17, 15) is 0 Å². The Labute approximate surface area is 85.8 Å². The molecule has 0 radical (unpaired) electrons. The third-order valence-corrected chi connectivity index (χ3v) is 3.45. The first kappa shape index (κ1) is 9.72. The molecule has 14 heavy (non-hydrogen) atoms. The first-order chi connectivity index (χ1) is 6.73. The van der Waals surface area contributed by atoms with Crippen molar-refractivity contribution < 1.29 is 5.11 Å². The minimum atomic E-state index is 0.318. The van der Waals surface area contributed by atoms with Gasteiger partial charge in [-0.1, -0.05) is 31.2 Å². The molecule has 0 aromatic heterocycles. The van der Waals surface area contributed by atoms with Crippen LogP contribution in [-0.4, -0.2) is 11.7 Å². The molecule has 1 heteroatoms. The minimum Gasteiger partial charge on any atom is -0.396 e. The maximum Gasteiger partial charge on any atom is 0.0436 e. The summed E-state index contributed by atoms with van der Waals surface area (Å²) >= 11 is 0. The molecule has 0 fully saturated rings. The van der Waals surface area contributed by atoms with Crippen molar-refractivity contribution in [2.75, 3.05) is 6.61 Å². The summed E-state index contributed by atoms with van der Waals surface area (Å²) in [7, 11) is 0. The molecule has 0 heterocycles. The van der Waals surface area contributed by atoms with E-state index in [1.807, 2.05) is 0 Å². The highest BCUT2D eigenvalue weighted by Crippen LogP contribution is 2.37. The summed E-state index contributed by atoms with van der Waals surface area (Å²) in [5.41, 5.74) is 3.31. The molecule has 0 aliphatic heterocycles. The molecule has 2 rings (SSSR count). The molecule has 0 saturated heterocycles. The zero-order valence-corrected chi connectivity index (χ0v) is 8.79. The van der Waals surface area contributed by atoms with E-state index >= 15 is 0 Å². The van der Waals surface area contributed by atoms with Gasteiger partial charge in [-0.2, -0.15) is 0 Å². The molecule has 1 aromatic rings. The summed E-state index contributed by atoms with van der Waals surface area (Å²) in [5.74, 6) is 0. The van der Waals surface area contributed by atoms with Crippen LogP contribution in [0.2, 0.25) is 0 Å². The maximum atomic E-state index is 9.03. The molecule has 0 saturated carbocycles. The normalized spacial score (nSPS) is 25.9. The number of aliphatic hydroxyl groups is 1. The van der Waals surface area contributed by atoms with Crippen molar-refractivity contribution in [3.63, 3.8) is 0 Å². The Morgan fingerprint density at radius 1 is 1.29 bits per heavy atom. The molecule has 1 atom stereocenters. The van der Waals surface area contributed by atoms with Gasteiger partial charge in [0.15, 0.2) is 0 Å². The first-order valence-corrected chi connectivity index (χ1v) is 5.41. The van der Waals surface area contributed by atoms with Gasteiger partial charge in [0, 0.05) is 6.61 Å². The molecule has 0 spiro atoms. The number of fused-ring (bicyclic) bond motifs is 1. The van der Waals surface area contributed by atoms with Gasteiger partial charge in [-0.25, -0.2) is 0 Å². The molecular weight excluding hydrogens is 172 g/mol. The van der Waals surface area contributed by atoms with Crippen LogP contribution in [0.15, 0.2) is 24.3 Å². The van der Waals surface area contributed by atoms with Crippen LogP contribution >= 0.6 is 0 Å². The van der Waals surface area contributed by atoms with Crippen molar-refractivity contribution in [1.29, 1.82) is 0 Å². The molecule has 1 unspecified atom stereocenters. The smallest absolute Gasteiger partial charge is 0.0436 e. The first-order valence-electron chi connectivity index (χ1n) is 5.41. The lowest BCUT2D eigenvalue weighted by Crippen LogP contribution is -2.26. The number of aliphatic hydroxyl groups excluding tert-OH is 1. The zero-order valence-electron chi connectivity index (χ0n) is 8.79. The Kier molecular flexibility index (Phi) is 2.60. The highest BCUT2D eigenvalue weighted by atomic mass is 16.3. The van der Waals surface area contributed by atoms with Crippen molar-refractivity contribution in [2.24, 2.45) is 5.41 Å². The van der Waals surface area contributed by atoms with Crippen LogP contribution in [0, 0.1) is 5.41 Å². The summed E-state index contributed by atoms with van der Waals surface area (Å²) in [6, 6.07) is 8.69. The van der Waals surface area contributed by atoms with Gasteiger partial charge < -0.3 is 5.11 Å². The van der Waals surface area contributed by atoms with Gasteiger partial charge >= 0.3 is 0 Å². The van der Waals surface area contributed by atoms with Gasteiger partial charge in [-0.05, 0) is 42.2 Å². The summed E-state index contributed by atoms with van der Waals surface area (Å²) in [5, 5.41) is 9.03. The van der Waals surface area contributed by atoms with Crippen LogP contribution in [0.3, 0.4) is 0 Å². The summed E-state index contributed by atoms with van der Waals surface area (Å²) in [6.45, 7) is 2.61. The summed E-state index contributed by atoms with van der Waals surface area (Å²) < 4.78 is 0. The van der Waals surface area contributed by atoms with E-state index in [1.54, 1.807) is 0 Å². The lowest BCUT2D eigenvalue weighted by Gasteiger charge is -2.34. The monoisotopic (exact) mass is 190 g/mol. The third-order valence-electron chi connectivity index (χ3n) is 3.45. The van der Waals surface area contributed by atoms with Crippen molar-refractivity contribution in [3.05, 3.63) is 35.4 Å². The topological polar surface area (TPSA) is 20.2 Å². The van der Waals surface area contributed by atoms with Crippen molar-refractivity contribution in [3.8, 4) is 0 Å². The Bertz CT molecular complexity index is 319. The Balaban J connectivity index is 2.20. The van der Waals surface area contributed by atoms with E-state index in [0.717, 1.165) is 12.8 Å². The summed E-state index contributed by atoms with van der Waals surface area (Å²) in [6.07, 6.45) is 4.45. The fraction of sp³-hybridized carbons (Fsp3) is 0.538. The Morgan fingerprint density at radius 3 is 2.71 bits per heavy atom. The predicted octanol–water partition coefficient (Wildman–Crippen LogP) is 2.56. The second kappa shape index (κ2) is 3.74. The lowest BCUT2D eigenvalue weighted by atomic mass is 9.71. The Hall–Kier alpha value is -0.820. The quantitative estimate of drug-likeness (QED) is 0.760. The second-order valence-electron chi connectivity index (χ2n) is 4.73. The standard InChI is InChI=1S/C13H18O/c1-13(8-9-14)7-6-11-4-2-3-5-12(11)10-13/h2-5,14H,6-10H2,1H3. The lowest BCUT2D eigenvalue weighted by molar-refractivity contribution is 0.178. The van der Waals surface area contributed by atoms with Gasteiger partial charge in [0.2, 0.25) is 0 Å². The third kappa shape index (κ3) is 1.83. The molecule has 1 aliphatic carbocycles. The molecule has 1 N–H and O–H groups in total. The van der Waals surface area contributed by atoms with E-state index < -0.39 is 0 Å². The van der Waals surface area contributed by atoms with E-state index in [0.29, 0.717) is 12.0 Å². The van der Waals surface area contributed by atoms with Crippen LogP contribution < -0.4 is 0 Å². The number of rotatable bonds is 2. The zero-order chi connectivity index (χ0) is 10.0.